The third-order valence-corrected chi connectivity index (χ3v) is 4.91. The van der Waals surface area contributed by atoms with E-state index in [2.05, 4.69) is 11.4 Å². The Balaban J connectivity index is 1.85. The van der Waals surface area contributed by atoms with Gasteiger partial charge in [0.05, 0.1) is 32.0 Å². The molecule has 6 heteroatoms. The molecule has 2 N–H and O–H groups in total. The molecule has 0 radical (unpaired) electrons. The lowest BCUT2D eigenvalue weighted by Gasteiger charge is -2.17. The Morgan fingerprint density at radius 1 is 0.968 bits per heavy atom. The van der Waals surface area contributed by atoms with Crippen molar-refractivity contribution in [3.63, 3.8) is 0 Å². The molecule has 0 unspecified atom stereocenters. The number of hydrogen-bond acceptors (Lipinski definition) is 6. The molecule has 0 saturated heterocycles. The fourth-order valence-corrected chi connectivity index (χ4v) is 3.38. The maximum absolute atomic E-state index is 9.79. The summed E-state index contributed by atoms with van der Waals surface area (Å²) in [6.45, 7) is 1.25. The number of benzene rings is 3. The van der Waals surface area contributed by atoms with Gasteiger partial charge in [-0.1, -0.05) is 48.5 Å². The molecule has 3 aromatic rings. The summed E-state index contributed by atoms with van der Waals surface area (Å²) in [5, 5.41) is 21.9. The van der Waals surface area contributed by atoms with Gasteiger partial charge in [-0.15, -0.1) is 0 Å². The first-order chi connectivity index (χ1) is 15.2. The molecular weight excluding hydrogens is 392 g/mol. The van der Waals surface area contributed by atoms with Gasteiger partial charge in [-0.3, -0.25) is 0 Å². The van der Waals surface area contributed by atoms with E-state index in [1.54, 1.807) is 26.4 Å². The molecule has 0 aliphatic rings. The maximum Gasteiger partial charge on any atom is 0.130 e. The van der Waals surface area contributed by atoms with E-state index in [1.165, 1.54) is 0 Å². The van der Waals surface area contributed by atoms with Gasteiger partial charge in [0.2, 0.25) is 0 Å². The summed E-state index contributed by atoms with van der Waals surface area (Å²) in [5.74, 6) is 1.82. The molecule has 3 aromatic carbocycles. The lowest BCUT2D eigenvalue weighted by molar-refractivity contribution is 0.289. The van der Waals surface area contributed by atoms with E-state index in [9.17, 15) is 5.26 Å². The Bertz CT molecular complexity index is 1020. The molecule has 0 amide bonds. The van der Waals surface area contributed by atoms with Crippen molar-refractivity contribution in [2.24, 2.45) is 0 Å². The van der Waals surface area contributed by atoms with Gasteiger partial charge < -0.3 is 24.6 Å². The van der Waals surface area contributed by atoms with Crippen molar-refractivity contribution >= 4 is 0 Å². The van der Waals surface area contributed by atoms with E-state index in [-0.39, 0.29) is 13.2 Å². The molecule has 3 rings (SSSR count). The summed E-state index contributed by atoms with van der Waals surface area (Å²) in [7, 11) is 3.18. The van der Waals surface area contributed by atoms with Crippen molar-refractivity contribution in [2.75, 3.05) is 27.4 Å². The Labute approximate surface area is 182 Å². The summed E-state index contributed by atoms with van der Waals surface area (Å²) in [5.41, 5.74) is 4.11. The molecule has 31 heavy (non-hydrogen) atoms. The number of rotatable bonds is 10. The zero-order valence-electron chi connectivity index (χ0n) is 17.7. The SMILES string of the molecule is COc1cc(OCc2cccc(-c3ccccc3)c2C#N)cc(OC)c1CNCCO. The predicted octanol–water partition coefficient (Wildman–Crippen LogP) is 3.90. The van der Waals surface area contributed by atoms with E-state index in [4.69, 9.17) is 19.3 Å². The predicted molar refractivity (Wildman–Crippen MR) is 119 cm³/mol. The van der Waals surface area contributed by atoms with E-state index in [1.807, 2.05) is 48.5 Å². The minimum absolute atomic E-state index is 0.0507. The van der Waals surface area contributed by atoms with Crippen molar-refractivity contribution in [2.45, 2.75) is 13.2 Å². The average molecular weight is 418 g/mol. The van der Waals surface area contributed by atoms with Gasteiger partial charge in [-0.2, -0.15) is 5.26 Å². The molecule has 6 nitrogen and oxygen atoms in total. The number of nitriles is 1. The molecule has 0 spiro atoms. The number of methoxy groups -OCH3 is 2. The first-order valence-corrected chi connectivity index (χ1v) is 9.98. The fraction of sp³-hybridized carbons (Fsp3) is 0.240. The zero-order valence-corrected chi connectivity index (χ0v) is 17.7. The van der Waals surface area contributed by atoms with Crippen LogP contribution in [-0.4, -0.2) is 32.5 Å². The normalized spacial score (nSPS) is 10.4. The first-order valence-electron chi connectivity index (χ1n) is 9.98. The average Bonchev–Trinajstić information content (AvgIpc) is 2.83. The van der Waals surface area contributed by atoms with Crippen molar-refractivity contribution in [1.29, 1.82) is 5.26 Å². The lowest BCUT2D eigenvalue weighted by atomic mass is 9.96. The monoisotopic (exact) mass is 418 g/mol. The molecule has 0 saturated carbocycles. The Morgan fingerprint density at radius 3 is 2.29 bits per heavy atom. The molecule has 0 bridgehead atoms. The van der Waals surface area contributed by atoms with E-state index in [0.29, 0.717) is 35.9 Å². The second-order valence-electron chi connectivity index (χ2n) is 6.81. The molecule has 0 aromatic heterocycles. The highest BCUT2D eigenvalue weighted by atomic mass is 16.5. The highest BCUT2D eigenvalue weighted by Gasteiger charge is 2.15. The zero-order chi connectivity index (χ0) is 22.1. The number of nitrogens with one attached hydrogen (secondary N) is 1. The largest absolute Gasteiger partial charge is 0.496 e. The van der Waals surface area contributed by atoms with Crippen LogP contribution >= 0.6 is 0 Å². The highest BCUT2D eigenvalue weighted by molar-refractivity contribution is 5.72. The number of aliphatic hydroxyl groups excluding tert-OH is 1. The molecule has 0 fully saturated rings. The second-order valence-corrected chi connectivity index (χ2v) is 6.81. The Morgan fingerprint density at radius 2 is 1.68 bits per heavy atom. The van der Waals surface area contributed by atoms with Crippen LogP contribution in [0.1, 0.15) is 16.7 Å². The first kappa shape index (κ1) is 22.2. The van der Waals surface area contributed by atoms with Gasteiger partial charge in [0, 0.05) is 30.8 Å². The van der Waals surface area contributed by atoms with E-state index < -0.39 is 0 Å². The minimum atomic E-state index is 0.0507. The van der Waals surface area contributed by atoms with Crippen LogP contribution in [0.15, 0.2) is 60.7 Å². The summed E-state index contributed by atoms with van der Waals surface area (Å²) < 4.78 is 17.1. The highest BCUT2D eigenvalue weighted by Crippen LogP contribution is 2.35. The summed E-state index contributed by atoms with van der Waals surface area (Å²) >= 11 is 0. The van der Waals surface area contributed by atoms with Crippen LogP contribution in [0.25, 0.3) is 11.1 Å². The van der Waals surface area contributed by atoms with Crippen molar-refractivity contribution < 1.29 is 19.3 Å². The van der Waals surface area contributed by atoms with Gasteiger partial charge >= 0.3 is 0 Å². The van der Waals surface area contributed by atoms with Crippen molar-refractivity contribution in [3.05, 3.63) is 77.4 Å². The van der Waals surface area contributed by atoms with Gasteiger partial charge in [0.25, 0.3) is 0 Å². The smallest absolute Gasteiger partial charge is 0.130 e. The number of aliphatic hydroxyl groups is 1. The Hall–Kier alpha value is -3.53. The topological polar surface area (TPSA) is 83.7 Å². The third-order valence-electron chi connectivity index (χ3n) is 4.91. The number of nitrogens with zero attached hydrogens (tertiary/aromatic N) is 1. The number of hydrogen-bond donors (Lipinski definition) is 2. The minimum Gasteiger partial charge on any atom is -0.496 e. The summed E-state index contributed by atoms with van der Waals surface area (Å²) in [4.78, 5) is 0. The molecular formula is C25H26N2O4. The molecule has 0 atom stereocenters. The standard InChI is InChI=1S/C25H26N2O4/c1-29-24-13-20(14-25(30-2)23(24)16-27-11-12-28)31-17-19-9-6-10-21(22(19)15-26)18-7-4-3-5-8-18/h3-10,13-14,27-28H,11-12,16-17H2,1-2H3. The molecule has 0 aliphatic carbocycles. The molecule has 0 heterocycles. The van der Waals surface area contributed by atoms with Crippen LogP contribution < -0.4 is 19.5 Å². The van der Waals surface area contributed by atoms with Gasteiger partial charge in [-0.05, 0) is 11.1 Å². The van der Waals surface area contributed by atoms with Crippen LogP contribution in [0.3, 0.4) is 0 Å². The number of ether oxygens (including phenoxy) is 3. The van der Waals surface area contributed by atoms with E-state index in [0.717, 1.165) is 22.3 Å². The molecule has 160 valence electrons. The Kier molecular flexibility index (Phi) is 7.88. The summed E-state index contributed by atoms with van der Waals surface area (Å²) in [6, 6.07) is 21.5. The van der Waals surface area contributed by atoms with Gasteiger partial charge in [0.15, 0.2) is 0 Å². The van der Waals surface area contributed by atoms with Gasteiger partial charge in [0.1, 0.15) is 29.9 Å². The molecule has 0 aliphatic heterocycles. The van der Waals surface area contributed by atoms with Crippen LogP contribution in [0.4, 0.5) is 0 Å². The van der Waals surface area contributed by atoms with Crippen molar-refractivity contribution in [3.8, 4) is 34.4 Å². The summed E-state index contributed by atoms with van der Waals surface area (Å²) in [6.07, 6.45) is 0. The van der Waals surface area contributed by atoms with Crippen LogP contribution in [-0.2, 0) is 13.2 Å². The van der Waals surface area contributed by atoms with Crippen LogP contribution in [0, 0.1) is 11.3 Å². The fourth-order valence-electron chi connectivity index (χ4n) is 3.38. The van der Waals surface area contributed by atoms with Crippen molar-refractivity contribution in [1.82, 2.24) is 5.32 Å². The van der Waals surface area contributed by atoms with Gasteiger partial charge in [-0.25, -0.2) is 0 Å². The third kappa shape index (κ3) is 5.34. The maximum atomic E-state index is 9.79. The second kappa shape index (κ2) is 11.0. The quantitative estimate of drug-likeness (QED) is 0.486. The van der Waals surface area contributed by atoms with Crippen LogP contribution in [0.5, 0.6) is 17.2 Å². The van der Waals surface area contributed by atoms with E-state index >= 15 is 0 Å². The van der Waals surface area contributed by atoms with Crippen LogP contribution in [0.2, 0.25) is 0 Å². The lowest BCUT2D eigenvalue weighted by Crippen LogP contribution is -2.18.